The Hall–Kier alpha value is -1.58. The quantitative estimate of drug-likeness (QED) is 0.438. The van der Waals surface area contributed by atoms with Crippen LogP contribution in [-0.2, 0) is 0 Å². The maximum Gasteiger partial charge on any atom is 0.126 e. The lowest BCUT2D eigenvalue weighted by Crippen LogP contribution is -2.11. The Balaban J connectivity index is 2.88. The van der Waals surface area contributed by atoms with Gasteiger partial charge in [-0.15, -0.1) is 0 Å². The maximum absolute atomic E-state index is 8.38. The van der Waals surface area contributed by atoms with Crippen LogP contribution in [0.2, 0.25) is 0 Å². The van der Waals surface area contributed by atoms with E-state index < -0.39 is 0 Å². The molecule has 1 rings (SSSR count). The second kappa shape index (κ2) is 4.60. The van der Waals surface area contributed by atoms with E-state index in [1.165, 1.54) is 6.21 Å². The second-order valence-electron chi connectivity index (χ2n) is 3.41. The van der Waals surface area contributed by atoms with Gasteiger partial charge in [-0.2, -0.15) is 0 Å². The molecule has 0 saturated carbocycles. The van der Waals surface area contributed by atoms with Gasteiger partial charge in [0.05, 0.1) is 6.21 Å². The van der Waals surface area contributed by atoms with Crippen LogP contribution in [0.1, 0.15) is 25.1 Å². The molecule has 0 radical (unpaired) electrons. The average molecular weight is 193 g/mol. The predicted octanol–water partition coefficient (Wildman–Crippen LogP) is 2.02. The van der Waals surface area contributed by atoms with Crippen molar-refractivity contribution >= 4 is 12.0 Å². The number of pyridine rings is 1. The molecule has 0 saturated heterocycles. The van der Waals surface area contributed by atoms with Crippen LogP contribution in [0.5, 0.6) is 0 Å². The minimum Gasteiger partial charge on any atom is -0.411 e. The highest BCUT2D eigenvalue weighted by Gasteiger charge is 2.00. The van der Waals surface area contributed by atoms with Gasteiger partial charge in [0.2, 0.25) is 0 Å². The smallest absolute Gasteiger partial charge is 0.126 e. The van der Waals surface area contributed by atoms with Crippen molar-refractivity contribution in [2.75, 3.05) is 5.32 Å². The number of nitrogens with one attached hydrogen (secondary N) is 1. The highest BCUT2D eigenvalue weighted by atomic mass is 16.4. The van der Waals surface area contributed by atoms with Crippen molar-refractivity contribution in [3.05, 3.63) is 23.4 Å². The van der Waals surface area contributed by atoms with Crippen LogP contribution in [0.25, 0.3) is 0 Å². The van der Waals surface area contributed by atoms with Gasteiger partial charge >= 0.3 is 0 Å². The summed E-state index contributed by atoms with van der Waals surface area (Å²) in [6.45, 7) is 5.99. The van der Waals surface area contributed by atoms with Crippen LogP contribution in [0, 0.1) is 6.92 Å². The molecule has 0 spiro atoms. The third-order valence-corrected chi connectivity index (χ3v) is 1.76. The number of aromatic nitrogens is 1. The van der Waals surface area contributed by atoms with Crippen molar-refractivity contribution in [2.45, 2.75) is 26.8 Å². The van der Waals surface area contributed by atoms with E-state index in [0.717, 1.165) is 17.1 Å². The first kappa shape index (κ1) is 10.5. The molecule has 1 heterocycles. The molecule has 0 aliphatic carbocycles. The minimum absolute atomic E-state index is 0.360. The molecule has 0 bridgehead atoms. The Labute approximate surface area is 83.7 Å². The number of aryl methyl sites for hydroxylation is 1. The van der Waals surface area contributed by atoms with Gasteiger partial charge in [-0.25, -0.2) is 4.98 Å². The Morgan fingerprint density at radius 1 is 1.50 bits per heavy atom. The van der Waals surface area contributed by atoms with Gasteiger partial charge in [-0.3, -0.25) is 0 Å². The summed E-state index contributed by atoms with van der Waals surface area (Å²) in [5, 5.41) is 14.6. The fourth-order valence-corrected chi connectivity index (χ4v) is 1.15. The van der Waals surface area contributed by atoms with Crippen LogP contribution in [0.4, 0.5) is 5.82 Å². The van der Waals surface area contributed by atoms with E-state index in [0.29, 0.717) is 6.04 Å². The van der Waals surface area contributed by atoms with Crippen LogP contribution < -0.4 is 5.32 Å². The molecular weight excluding hydrogens is 178 g/mol. The average Bonchev–Trinajstić information content (AvgIpc) is 2.09. The van der Waals surface area contributed by atoms with E-state index in [4.69, 9.17) is 5.21 Å². The maximum atomic E-state index is 8.38. The van der Waals surface area contributed by atoms with Gasteiger partial charge in [-0.05, 0) is 32.9 Å². The van der Waals surface area contributed by atoms with Crippen molar-refractivity contribution < 1.29 is 5.21 Å². The molecule has 4 nitrogen and oxygen atoms in total. The first-order valence-corrected chi connectivity index (χ1v) is 4.55. The molecule has 0 aromatic carbocycles. The minimum atomic E-state index is 0.360. The van der Waals surface area contributed by atoms with Gasteiger partial charge in [0.1, 0.15) is 5.82 Å². The molecule has 4 heteroatoms. The predicted molar refractivity (Wildman–Crippen MR) is 57.1 cm³/mol. The lowest BCUT2D eigenvalue weighted by Gasteiger charge is -2.09. The van der Waals surface area contributed by atoms with Crippen molar-refractivity contribution in [3.8, 4) is 0 Å². The summed E-state index contributed by atoms with van der Waals surface area (Å²) in [5.74, 6) is 0.840. The molecule has 0 atom stereocenters. The van der Waals surface area contributed by atoms with E-state index in [2.05, 4.69) is 29.3 Å². The first-order valence-electron chi connectivity index (χ1n) is 4.55. The third-order valence-electron chi connectivity index (χ3n) is 1.76. The topological polar surface area (TPSA) is 57.5 Å². The zero-order chi connectivity index (χ0) is 10.6. The normalized spacial score (nSPS) is 11.1. The van der Waals surface area contributed by atoms with Crippen LogP contribution in [0.15, 0.2) is 17.3 Å². The molecule has 0 amide bonds. The summed E-state index contributed by atoms with van der Waals surface area (Å²) in [6.07, 6.45) is 1.38. The van der Waals surface area contributed by atoms with Crippen LogP contribution in [-0.4, -0.2) is 22.4 Å². The van der Waals surface area contributed by atoms with E-state index in [1.54, 1.807) is 0 Å². The molecule has 14 heavy (non-hydrogen) atoms. The van der Waals surface area contributed by atoms with E-state index >= 15 is 0 Å². The number of hydrogen-bond acceptors (Lipinski definition) is 4. The third kappa shape index (κ3) is 2.73. The van der Waals surface area contributed by atoms with Gasteiger partial charge in [0.25, 0.3) is 0 Å². The molecule has 0 fully saturated rings. The molecule has 0 aliphatic heterocycles. The largest absolute Gasteiger partial charge is 0.411 e. The molecule has 76 valence electrons. The van der Waals surface area contributed by atoms with E-state index in [1.807, 2.05) is 19.1 Å². The lowest BCUT2D eigenvalue weighted by atomic mass is 10.2. The van der Waals surface area contributed by atoms with Gasteiger partial charge in [-0.1, -0.05) is 5.16 Å². The molecule has 0 unspecified atom stereocenters. The summed E-state index contributed by atoms with van der Waals surface area (Å²) in [6, 6.07) is 4.09. The number of anilines is 1. The monoisotopic (exact) mass is 193 g/mol. The van der Waals surface area contributed by atoms with Gasteiger partial charge < -0.3 is 10.5 Å². The lowest BCUT2D eigenvalue weighted by molar-refractivity contribution is 0.322. The summed E-state index contributed by atoms with van der Waals surface area (Å²) in [5.41, 5.74) is 1.66. The summed E-state index contributed by atoms with van der Waals surface area (Å²) in [7, 11) is 0. The Morgan fingerprint density at radius 2 is 2.21 bits per heavy atom. The number of rotatable bonds is 3. The molecule has 1 aromatic rings. The highest BCUT2D eigenvalue weighted by molar-refractivity contribution is 5.80. The SMILES string of the molecule is Cc1nc(NC(C)C)ccc1C=NO. The summed E-state index contributed by atoms with van der Waals surface area (Å²) in [4.78, 5) is 4.32. The van der Waals surface area contributed by atoms with E-state index in [-0.39, 0.29) is 0 Å². The fourth-order valence-electron chi connectivity index (χ4n) is 1.15. The first-order chi connectivity index (χ1) is 6.63. The van der Waals surface area contributed by atoms with Crippen molar-refractivity contribution in [1.82, 2.24) is 4.98 Å². The van der Waals surface area contributed by atoms with Crippen LogP contribution >= 0.6 is 0 Å². The summed E-state index contributed by atoms with van der Waals surface area (Å²) < 4.78 is 0. The molecule has 2 N–H and O–H groups in total. The number of oxime groups is 1. The second-order valence-corrected chi connectivity index (χ2v) is 3.41. The van der Waals surface area contributed by atoms with Crippen molar-refractivity contribution in [2.24, 2.45) is 5.16 Å². The number of nitrogens with zero attached hydrogens (tertiary/aromatic N) is 2. The molecule has 0 aliphatic rings. The molecular formula is C10H15N3O. The zero-order valence-electron chi connectivity index (χ0n) is 8.65. The van der Waals surface area contributed by atoms with Crippen molar-refractivity contribution in [3.63, 3.8) is 0 Å². The highest BCUT2D eigenvalue weighted by Crippen LogP contribution is 2.09. The van der Waals surface area contributed by atoms with Crippen LogP contribution in [0.3, 0.4) is 0 Å². The van der Waals surface area contributed by atoms with Crippen molar-refractivity contribution in [1.29, 1.82) is 0 Å². The van der Waals surface area contributed by atoms with Gasteiger partial charge in [0, 0.05) is 17.3 Å². The zero-order valence-corrected chi connectivity index (χ0v) is 8.65. The number of hydrogen-bond donors (Lipinski definition) is 2. The summed E-state index contributed by atoms with van der Waals surface area (Å²) >= 11 is 0. The van der Waals surface area contributed by atoms with E-state index in [9.17, 15) is 0 Å². The fraction of sp³-hybridized carbons (Fsp3) is 0.400. The van der Waals surface area contributed by atoms with Gasteiger partial charge in [0.15, 0.2) is 0 Å². The molecule has 1 aromatic heterocycles. The Morgan fingerprint density at radius 3 is 2.71 bits per heavy atom. The Kier molecular flexibility index (Phi) is 3.45. The standard InChI is InChI=1S/C10H15N3O/c1-7(2)12-10-5-4-9(6-11-14)8(3)13-10/h4-7,14H,1-3H3,(H,12,13). The Bertz CT molecular complexity index is 334.